The summed E-state index contributed by atoms with van der Waals surface area (Å²) in [5.74, 6) is -0.350. The maximum absolute atomic E-state index is 13.5. The van der Waals surface area contributed by atoms with Gasteiger partial charge in [0.1, 0.15) is 5.69 Å². The normalized spacial score (nSPS) is 17.2. The lowest BCUT2D eigenvalue weighted by molar-refractivity contribution is -0.126. The van der Waals surface area contributed by atoms with E-state index in [1.807, 2.05) is 61.5 Å². The molecule has 178 valence electrons. The van der Waals surface area contributed by atoms with Crippen LogP contribution in [0.2, 0.25) is 0 Å². The molecule has 0 radical (unpaired) electrons. The Bertz CT molecular complexity index is 1270. The zero-order chi connectivity index (χ0) is 24.1. The standard InChI is InChI=1S/C26H29N3O4S/c1-19-10-12-22(13-11-19)17-27-26(30)23-9-6-16-29(18-23)34(31,32)25-20(2)28-33-24(25)15-14-21-7-4-3-5-8-21/h3-5,7-8,10-15,23H,6,9,16-18H2,1-2H3,(H,27,30)/b15-14+/t23-/m1/s1. The zero-order valence-electron chi connectivity index (χ0n) is 19.4. The van der Waals surface area contributed by atoms with Gasteiger partial charge >= 0.3 is 0 Å². The second-order valence-corrected chi connectivity index (χ2v) is 10.5. The summed E-state index contributed by atoms with van der Waals surface area (Å²) in [5, 5.41) is 6.86. The Kier molecular flexibility index (Phi) is 7.29. The molecule has 1 fully saturated rings. The predicted octanol–water partition coefficient (Wildman–Crippen LogP) is 4.18. The number of hydrogen-bond donors (Lipinski definition) is 1. The van der Waals surface area contributed by atoms with Crippen LogP contribution in [0.1, 0.15) is 41.0 Å². The third-order valence-corrected chi connectivity index (χ3v) is 8.02. The quantitative estimate of drug-likeness (QED) is 0.549. The van der Waals surface area contributed by atoms with Crippen molar-refractivity contribution in [2.75, 3.05) is 13.1 Å². The molecule has 1 aliphatic heterocycles. The van der Waals surface area contributed by atoms with Crippen LogP contribution in [0, 0.1) is 19.8 Å². The van der Waals surface area contributed by atoms with Crippen molar-refractivity contribution in [2.24, 2.45) is 5.92 Å². The fourth-order valence-electron chi connectivity index (χ4n) is 4.08. The van der Waals surface area contributed by atoms with Gasteiger partial charge in [-0.25, -0.2) is 8.42 Å². The van der Waals surface area contributed by atoms with Crippen molar-refractivity contribution < 1.29 is 17.7 Å². The van der Waals surface area contributed by atoms with Gasteiger partial charge in [0.15, 0.2) is 10.7 Å². The summed E-state index contributed by atoms with van der Waals surface area (Å²) in [6.45, 7) is 4.54. The lowest BCUT2D eigenvalue weighted by Gasteiger charge is -2.31. The van der Waals surface area contributed by atoms with Crippen LogP contribution >= 0.6 is 0 Å². The molecule has 0 bridgehead atoms. The molecule has 1 aliphatic rings. The molecule has 0 unspecified atom stereocenters. The maximum atomic E-state index is 13.5. The molecule has 2 heterocycles. The molecular formula is C26H29N3O4S. The van der Waals surface area contributed by atoms with Crippen LogP contribution in [0.3, 0.4) is 0 Å². The molecule has 1 saturated heterocycles. The van der Waals surface area contributed by atoms with Crippen LogP contribution in [0.15, 0.2) is 64.0 Å². The molecule has 1 atom stereocenters. The molecule has 3 aromatic rings. The lowest BCUT2D eigenvalue weighted by atomic mass is 9.98. The number of carbonyl (C=O) groups is 1. The zero-order valence-corrected chi connectivity index (χ0v) is 20.2. The van der Waals surface area contributed by atoms with Gasteiger partial charge in [-0.1, -0.05) is 71.4 Å². The highest BCUT2D eigenvalue weighted by atomic mass is 32.2. The SMILES string of the molecule is Cc1ccc(CNC(=O)[C@@H]2CCCN(S(=O)(=O)c3c(C)noc3/C=C/c3ccccc3)C2)cc1. The summed E-state index contributed by atoms with van der Waals surface area (Å²) in [4.78, 5) is 12.9. The average Bonchev–Trinajstić information content (AvgIpc) is 3.24. The van der Waals surface area contributed by atoms with E-state index in [9.17, 15) is 13.2 Å². The van der Waals surface area contributed by atoms with Crippen molar-refractivity contribution in [2.45, 2.75) is 38.1 Å². The summed E-state index contributed by atoms with van der Waals surface area (Å²) >= 11 is 0. The minimum atomic E-state index is -3.88. The Hall–Kier alpha value is -3.23. The molecule has 2 aromatic carbocycles. The molecule has 0 spiro atoms. The smallest absolute Gasteiger partial charge is 0.248 e. The molecule has 34 heavy (non-hydrogen) atoms. The monoisotopic (exact) mass is 479 g/mol. The molecular weight excluding hydrogens is 450 g/mol. The van der Waals surface area contributed by atoms with Gasteiger partial charge in [0, 0.05) is 19.6 Å². The molecule has 8 heteroatoms. The predicted molar refractivity (Wildman–Crippen MR) is 131 cm³/mol. The van der Waals surface area contributed by atoms with Crippen molar-refractivity contribution in [3.63, 3.8) is 0 Å². The van der Waals surface area contributed by atoms with Gasteiger partial charge in [-0.15, -0.1) is 0 Å². The van der Waals surface area contributed by atoms with E-state index in [0.29, 0.717) is 31.6 Å². The van der Waals surface area contributed by atoms with E-state index in [-0.39, 0.29) is 23.1 Å². The van der Waals surface area contributed by atoms with E-state index < -0.39 is 15.9 Å². The summed E-state index contributed by atoms with van der Waals surface area (Å²) in [6, 6.07) is 17.5. The van der Waals surface area contributed by atoms with Gasteiger partial charge in [0.25, 0.3) is 0 Å². The lowest BCUT2D eigenvalue weighted by Crippen LogP contribution is -2.45. The molecule has 1 amide bonds. The molecule has 7 nitrogen and oxygen atoms in total. The van der Waals surface area contributed by atoms with E-state index in [2.05, 4.69) is 10.5 Å². The van der Waals surface area contributed by atoms with Crippen LogP contribution in [0.5, 0.6) is 0 Å². The summed E-state index contributed by atoms with van der Waals surface area (Å²) in [6.07, 6.45) is 4.67. The summed E-state index contributed by atoms with van der Waals surface area (Å²) in [5.41, 5.74) is 3.39. The van der Waals surface area contributed by atoms with Crippen molar-refractivity contribution in [3.05, 3.63) is 82.7 Å². The van der Waals surface area contributed by atoms with Gasteiger partial charge < -0.3 is 9.84 Å². The second-order valence-electron chi connectivity index (χ2n) is 8.61. The molecule has 1 aromatic heterocycles. The minimum Gasteiger partial charge on any atom is -0.355 e. The van der Waals surface area contributed by atoms with Crippen molar-refractivity contribution in [3.8, 4) is 0 Å². The number of benzene rings is 2. The highest BCUT2D eigenvalue weighted by molar-refractivity contribution is 7.89. The van der Waals surface area contributed by atoms with E-state index in [0.717, 1.165) is 16.7 Å². The average molecular weight is 480 g/mol. The van der Waals surface area contributed by atoms with E-state index >= 15 is 0 Å². The number of aryl methyl sites for hydroxylation is 2. The van der Waals surface area contributed by atoms with Gasteiger partial charge in [-0.3, -0.25) is 4.79 Å². The second kappa shape index (κ2) is 10.4. The van der Waals surface area contributed by atoms with Crippen LogP contribution in [-0.4, -0.2) is 36.9 Å². The van der Waals surface area contributed by atoms with Gasteiger partial charge in [-0.2, -0.15) is 4.31 Å². The van der Waals surface area contributed by atoms with Gasteiger partial charge in [-0.05, 0) is 43.9 Å². The Morgan fingerprint density at radius 2 is 1.85 bits per heavy atom. The third-order valence-electron chi connectivity index (χ3n) is 6.00. The number of hydrogen-bond acceptors (Lipinski definition) is 5. The Morgan fingerprint density at radius 1 is 1.12 bits per heavy atom. The van der Waals surface area contributed by atoms with Crippen LogP contribution in [-0.2, 0) is 21.4 Å². The first-order valence-electron chi connectivity index (χ1n) is 11.4. The number of amides is 1. The highest BCUT2D eigenvalue weighted by Crippen LogP contribution is 2.29. The Labute approximate surface area is 200 Å². The number of carbonyl (C=O) groups excluding carboxylic acids is 1. The minimum absolute atomic E-state index is 0.0559. The van der Waals surface area contributed by atoms with Gasteiger partial charge in [0.2, 0.25) is 15.9 Å². The molecule has 0 saturated carbocycles. The number of nitrogens with one attached hydrogen (secondary N) is 1. The molecule has 0 aliphatic carbocycles. The highest BCUT2D eigenvalue weighted by Gasteiger charge is 2.36. The summed E-state index contributed by atoms with van der Waals surface area (Å²) < 4.78 is 33.8. The van der Waals surface area contributed by atoms with E-state index in [1.54, 1.807) is 19.1 Å². The first-order valence-corrected chi connectivity index (χ1v) is 12.8. The van der Waals surface area contributed by atoms with Gasteiger partial charge in [0.05, 0.1) is 5.92 Å². The number of nitrogens with zero attached hydrogens (tertiary/aromatic N) is 2. The number of rotatable bonds is 7. The van der Waals surface area contributed by atoms with Crippen LogP contribution < -0.4 is 5.32 Å². The van der Waals surface area contributed by atoms with Crippen LogP contribution in [0.25, 0.3) is 12.2 Å². The Morgan fingerprint density at radius 3 is 2.59 bits per heavy atom. The number of piperidine rings is 1. The van der Waals surface area contributed by atoms with Crippen molar-refractivity contribution >= 4 is 28.1 Å². The molecule has 4 rings (SSSR count). The van der Waals surface area contributed by atoms with Crippen LogP contribution in [0.4, 0.5) is 0 Å². The molecule has 1 N–H and O–H groups in total. The van der Waals surface area contributed by atoms with Crippen molar-refractivity contribution in [1.29, 1.82) is 0 Å². The maximum Gasteiger partial charge on any atom is 0.248 e. The largest absolute Gasteiger partial charge is 0.355 e. The fraction of sp³-hybridized carbons (Fsp3) is 0.308. The van der Waals surface area contributed by atoms with Crippen molar-refractivity contribution in [1.82, 2.24) is 14.8 Å². The number of sulfonamides is 1. The topological polar surface area (TPSA) is 92.5 Å². The summed E-state index contributed by atoms with van der Waals surface area (Å²) in [7, 11) is -3.88. The van der Waals surface area contributed by atoms with E-state index in [4.69, 9.17) is 4.52 Å². The fourth-order valence-corrected chi connectivity index (χ4v) is 5.85. The van der Waals surface area contributed by atoms with E-state index in [1.165, 1.54) is 4.31 Å². The third kappa shape index (κ3) is 5.46. The number of aromatic nitrogens is 1. The first-order chi connectivity index (χ1) is 16.3. The first kappa shape index (κ1) is 23.9. The Balaban J connectivity index is 1.47.